The molecule has 0 saturated carbocycles. The van der Waals surface area contributed by atoms with Crippen molar-refractivity contribution in [3.8, 4) is 0 Å². The molecule has 0 aromatic heterocycles. The number of carboxylic acids is 1. The Bertz CT molecular complexity index is 290. The fraction of sp³-hybridized carbons (Fsp3) is 0.611. The zero-order chi connectivity index (χ0) is 14.9. The molecule has 0 atom stereocenters. The second-order valence-electron chi connectivity index (χ2n) is 5.16. The van der Waals surface area contributed by atoms with E-state index < -0.39 is 5.97 Å². The van der Waals surface area contributed by atoms with Gasteiger partial charge in [-0.05, 0) is 19.3 Å². The number of rotatable bonds is 14. The van der Waals surface area contributed by atoms with Gasteiger partial charge in [0.2, 0.25) is 0 Å². The molecule has 1 N–H and O–H groups in total. The van der Waals surface area contributed by atoms with Gasteiger partial charge in [-0.1, -0.05) is 81.9 Å². The number of carbonyl (C=O) groups is 1. The van der Waals surface area contributed by atoms with Gasteiger partial charge in [0.1, 0.15) is 0 Å². The summed E-state index contributed by atoms with van der Waals surface area (Å²) in [5, 5.41) is 8.50. The summed E-state index contributed by atoms with van der Waals surface area (Å²) in [5.74, 6) is -0.668. The van der Waals surface area contributed by atoms with Crippen LogP contribution < -0.4 is 0 Å². The van der Waals surface area contributed by atoms with Crippen LogP contribution in [0.1, 0.15) is 70.6 Å². The topological polar surface area (TPSA) is 37.3 Å². The van der Waals surface area contributed by atoms with Crippen LogP contribution in [0.25, 0.3) is 0 Å². The van der Waals surface area contributed by atoms with Gasteiger partial charge < -0.3 is 5.11 Å². The van der Waals surface area contributed by atoms with Crippen LogP contribution in [-0.2, 0) is 4.79 Å². The van der Waals surface area contributed by atoms with Gasteiger partial charge in [-0.25, -0.2) is 0 Å². The maximum atomic E-state index is 10.3. The van der Waals surface area contributed by atoms with E-state index in [2.05, 4.69) is 18.7 Å². The van der Waals surface area contributed by atoms with Gasteiger partial charge in [0.25, 0.3) is 0 Å². The lowest BCUT2D eigenvalue weighted by molar-refractivity contribution is -0.137. The summed E-state index contributed by atoms with van der Waals surface area (Å²) in [6, 6.07) is 0. The van der Waals surface area contributed by atoms with Crippen LogP contribution in [0, 0.1) is 0 Å². The number of carboxylic acid groups (broad SMARTS) is 1. The Labute approximate surface area is 124 Å². The fourth-order valence-corrected chi connectivity index (χ4v) is 2.09. The van der Waals surface area contributed by atoms with Crippen LogP contribution in [-0.4, -0.2) is 11.1 Å². The molecule has 20 heavy (non-hydrogen) atoms. The normalized spacial score (nSPS) is 11.4. The first kappa shape index (κ1) is 18.7. The highest BCUT2D eigenvalue weighted by Gasteiger charge is 1.96. The molecule has 0 amide bonds. The highest BCUT2D eigenvalue weighted by molar-refractivity contribution is 5.66. The molecule has 0 aliphatic heterocycles. The molecule has 0 bridgehead atoms. The SMILES string of the molecule is C=C/C=C/C=C/CCCCCCCCCCCC(=O)O. The van der Waals surface area contributed by atoms with Crippen LogP contribution in [0.4, 0.5) is 0 Å². The van der Waals surface area contributed by atoms with Gasteiger partial charge in [0.05, 0.1) is 0 Å². The lowest BCUT2D eigenvalue weighted by Crippen LogP contribution is -1.93. The number of unbranched alkanes of at least 4 members (excludes halogenated alkanes) is 9. The maximum absolute atomic E-state index is 10.3. The second-order valence-corrected chi connectivity index (χ2v) is 5.16. The molecule has 0 spiro atoms. The lowest BCUT2D eigenvalue weighted by Gasteiger charge is -2.01. The van der Waals surface area contributed by atoms with E-state index in [1.165, 1.54) is 44.9 Å². The first-order chi connectivity index (χ1) is 9.77. The molecule has 0 aliphatic carbocycles. The van der Waals surface area contributed by atoms with Crippen molar-refractivity contribution in [2.24, 2.45) is 0 Å². The molecular formula is C18H30O2. The van der Waals surface area contributed by atoms with E-state index in [0.717, 1.165) is 19.3 Å². The molecule has 0 heterocycles. The first-order valence-electron chi connectivity index (χ1n) is 7.93. The molecule has 0 aromatic carbocycles. The third kappa shape index (κ3) is 16.7. The number of allylic oxidation sites excluding steroid dienone is 5. The summed E-state index contributed by atoms with van der Waals surface area (Å²) >= 11 is 0. The summed E-state index contributed by atoms with van der Waals surface area (Å²) in [5.41, 5.74) is 0. The minimum absolute atomic E-state index is 0.329. The van der Waals surface area contributed by atoms with Crippen molar-refractivity contribution in [1.29, 1.82) is 0 Å². The summed E-state index contributed by atoms with van der Waals surface area (Å²) in [7, 11) is 0. The van der Waals surface area contributed by atoms with Gasteiger partial charge in [-0.15, -0.1) is 0 Å². The van der Waals surface area contributed by atoms with Crippen LogP contribution in [0.15, 0.2) is 37.0 Å². The molecule has 0 unspecified atom stereocenters. The summed E-state index contributed by atoms with van der Waals surface area (Å²) < 4.78 is 0. The van der Waals surface area contributed by atoms with E-state index >= 15 is 0 Å². The molecule has 2 heteroatoms. The van der Waals surface area contributed by atoms with Crippen molar-refractivity contribution in [3.63, 3.8) is 0 Å². The second kappa shape index (κ2) is 15.7. The van der Waals surface area contributed by atoms with Crippen LogP contribution in [0.3, 0.4) is 0 Å². The average Bonchev–Trinajstić information content (AvgIpc) is 2.43. The smallest absolute Gasteiger partial charge is 0.303 e. The lowest BCUT2D eigenvalue weighted by atomic mass is 10.1. The highest BCUT2D eigenvalue weighted by Crippen LogP contribution is 2.11. The standard InChI is InChI=1S/C18H30O2/c1-2-3-4-5-6-7-8-9-10-11-12-13-14-15-16-17-18(19)20/h2-6H,1,7-17H2,(H,19,20)/b4-3+,6-5+. The Kier molecular flexibility index (Phi) is 14.7. The van der Waals surface area contributed by atoms with Crippen LogP contribution in [0.5, 0.6) is 0 Å². The van der Waals surface area contributed by atoms with E-state index in [0.29, 0.717) is 6.42 Å². The van der Waals surface area contributed by atoms with E-state index in [-0.39, 0.29) is 0 Å². The molecule has 114 valence electrons. The predicted molar refractivity (Wildman–Crippen MR) is 86.9 cm³/mol. The number of aliphatic carboxylic acids is 1. The first-order valence-corrected chi connectivity index (χ1v) is 7.93. The van der Waals surface area contributed by atoms with Crippen molar-refractivity contribution >= 4 is 5.97 Å². The molecule has 0 aromatic rings. The number of hydrogen-bond donors (Lipinski definition) is 1. The third-order valence-electron chi connectivity index (χ3n) is 3.26. The van der Waals surface area contributed by atoms with Crippen LogP contribution >= 0.6 is 0 Å². The van der Waals surface area contributed by atoms with E-state index in [1.807, 2.05) is 12.2 Å². The zero-order valence-corrected chi connectivity index (χ0v) is 12.7. The largest absolute Gasteiger partial charge is 0.481 e. The Hall–Kier alpha value is -1.31. The Balaban J connectivity index is 3.09. The summed E-state index contributed by atoms with van der Waals surface area (Å²) in [6.07, 6.45) is 22.4. The minimum Gasteiger partial charge on any atom is -0.481 e. The number of hydrogen-bond acceptors (Lipinski definition) is 1. The van der Waals surface area contributed by atoms with Gasteiger partial charge >= 0.3 is 5.97 Å². The molecule has 0 saturated heterocycles. The van der Waals surface area contributed by atoms with Crippen molar-refractivity contribution < 1.29 is 9.90 Å². The zero-order valence-electron chi connectivity index (χ0n) is 12.7. The quantitative estimate of drug-likeness (QED) is 0.329. The van der Waals surface area contributed by atoms with E-state index in [9.17, 15) is 4.79 Å². The molecule has 0 rings (SSSR count). The van der Waals surface area contributed by atoms with Gasteiger partial charge in [0, 0.05) is 6.42 Å². The van der Waals surface area contributed by atoms with Crippen LogP contribution in [0.2, 0.25) is 0 Å². The van der Waals surface area contributed by atoms with E-state index in [4.69, 9.17) is 5.11 Å². The van der Waals surface area contributed by atoms with Gasteiger partial charge in [-0.2, -0.15) is 0 Å². The monoisotopic (exact) mass is 278 g/mol. The van der Waals surface area contributed by atoms with Gasteiger partial charge in [-0.3, -0.25) is 4.79 Å². The van der Waals surface area contributed by atoms with Crippen molar-refractivity contribution in [3.05, 3.63) is 37.0 Å². The summed E-state index contributed by atoms with van der Waals surface area (Å²) in [4.78, 5) is 10.3. The predicted octanol–water partition coefficient (Wildman–Crippen LogP) is 5.66. The van der Waals surface area contributed by atoms with Crippen molar-refractivity contribution in [1.82, 2.24) is 0 Å². The van der Waals surface area contributed by atoms with Gasteiger partial charge in [0.15, 0.2) is 0 Å². The Morgan fingerprint density at radius 3 is 1.90 bits per heavy atom. The molecule has 2 nitrogen and oxygen atoms in total. The summed E-state index contributed by atoms with van der Waals surface area (Å²) in [6.45, 7) is 3.62. The fourth-order valence-electron chi connectivity index (χ4n) is 2.09. The maximum Gasteiger partial charge on any atom is 0.303 e. The van der Waals surface area contributed by atoms with Crippen molar-refractivity contribution in [2.45, 2.75) is 70.6 Å². The third-order valence-corrected chi connectivity index (χ3v) is 3.26. The molecular weight excluding hydrogens is 248 g/mol. The average molecular weight is 278 g/mol. The molecule has 0 aliphatic rings. The Morgan fingerprint density at radius 1 is 0.800 bits per heavy atom. The highest BCUT2D eigenvalue weighted by atomic mass is 16.4. The molecule has 0 radical (unpaired) electrons. The minimum atomic E-state index is -0.668. The Morgan fingerprint density at radius 2 is 1.35 bits per heavy atom. The van der Waals surface area contributed by atoms with E-state index in [1.54, 1.807) is 6.08 Å². The molecule has 0 fully saturated rings. The van der Waals surface area contributed by atoms with Crippen molar-refractivity contribution in [2.75, 3.05) is 0 Å².